The van der Waals surface area contributed by atoms with E-state index in [0.29, 0.717) is 17.8 Å². The molecule has 0 radical (unpaired) electrons. The maximum Gasteiger partial charge on any atom is 0.254 e. The lowest BCUT2D eigenvalue weighted by Crippen LogP contribution is -2.30. The highest BCUT2D eigenvalue weighted by Gasteiger charge is 2.29. The molecule has 1 aliphatic heterocycles. The van der Waals surface area contributed by atoms with Crippen molar-refractivity contribution in [1.29, 1.82) is 0 Å². The third-order valence-electron chi connectivity index (χ3n) is 5.11. The SMILES string of the molecule is C=C(CN1Cc2c(ccc3ccc(-c4ccc(NC(C)=O)cn4)cc23)C1=O)C(N)=O. The molecule has 0 saturated heterocycles. The normalized spacial score (nSPS) is 12.7. The van der Waals surface area contributed by atoms with Crippen LogP contribution in [0.3, 0.4) is 0 Å². The maximum atomic E-state index is 12.8. The lowest BCUT2D eigenvalue weighted by Gasteiger charge is -2.15. The molecule has 3 aromatic rings. The lowest BCUT2D eigenvalue weighted by atomic mass is 9.98. The second-order valence-electron chi connectivity index (χ2n) is 7.27. The average molecular weight is 400 g/mol. The van der Waals surface area contributed by atoms with Crippen molar-refractivity contribution in [3.05, 3.63) is 71.9 Å². The van der Waals surface area contributed by atoms with Gasteiger partial charge in [-0.3, -0.25) is 19.4 Å². The highest BCUT2D eigenvalue weighted by Crippen LogP contribution is 2.33. The van der Waals surface area contributed by atoms with Gasteiger partial charge in [-0.1, -0.05) is 24.8 Å². The molecule has 4 rings (SSSR count). The number of rotatable bonds is 5. The molecule has 0 spiro atoms. The monoisotopic (exact) mass is 400 g/mol. The molecule has 0 bridgehead atoms. The smallest absolute Gasteiger partial charge is 0.254 e. The number of fused-ring (bicyclic) bond motifs is 3. The minimum Gasteiger partial charge on any atom is -0.366 e. The van der Waals surface area contributed by atoms with Crippen molar-refractivity contribution in [2.45, 2.75) is 13.5 Å². The summed E-state index contributed by atoms with van der Waals surface area (Å²) >= 11 is 0. The summed E-state index contributed by atoms with van der Waals surface area (Å²) in [6.07, 6.45) is 1.61. The number of carbonyl (C=O) groups excluding carboxylic acids is 3. The van der Waals surface area contributed by atoms with Gasteiger partial charge in [-0.15, -0.1) is 0 Å². The van der Waals surface area contributed by atoms with E-state index in [4.69, 9.17) is 5.73 Å². The molecular weight excluding hydrogens is 380 g/mol. The molecule has 7 heteroatoms. The van der Waals surface area contributed by atoms with Crippen molar-refractivity contribution in [3.8, 4) is 11.3 Å². The Hall–Kier alpha value is -4.00. The molecule has 7 nitrogen and oxygen atoms in total. The number of anilines is 1. The number of aromatic nitrogens is 1. The van der Waals surface area contributed by atoms with E-state index < -0.39 is 5.91 Å². The summed E-state index contributed by atoms with van der Waals surface area (Å²) in [5, 5.41) is 4.66. The number of pyridine rings is 1. The topological polar surface area (TPSA) is 105 Å². The van der Waals surface area contributed by atoms with E-state index in [1.807, 2.05) is 36.4 Å². The highest BCUT2D eigenvalue weighted by atomic mass is 16.2. The predicted molar refractivity (Wildman–Crippen MR) is 115 cm³/mol. The Balaban J connectivity index is 1.69. The van der Waals surface area contributed by atoms with Gasteiger partial charge in [0.05, 0.1) is 24.1 Å². The zero-order valence-corrected chi connectivity index (χ0v) is 16.4. The lowest BCUT2D eigenvalue weighted by molar-refractivity contribution is -0.115. The number of primary amides is 1. The van der Waals surface area contributed by atoms with Gasteiger partial charge < -0.3 is 16.0 Å². The van der Waals surface area contributed by atoms with Gasteiger partial charge in [-0.05, 0) is 40.6 Å². The van der Waals surface area contributed by atoms with Gasteiger partial charge in [-0.2, -0.15) is 0 Å². The standard InChI is InChI=1S/C23H20N4O3/c1-13(22(24)29)11-27-12-20-18(23(27)30)7-5-15-3-4-16(9-19(15)20)21-8-6-17(10-25-21)26-14(2)28/h3-10H,1,11-12H2,2H3,(H2,24,29)(H,26,28). The Morgan fingerprint density at radius 2 is 1.97 bits per heavy atom. The van der Waals surface area contributed by atoms with E-state index in [1.165, 1.54) is 6.92 Å². The van der Waals surface area contributed by atoms with Crippen LogP contribution in [-0.2, 0) is 16.1 Å². The Morgan fingerprint density at radius 3 is 2.63 bits per heavy atom. The Bertz CT molecular complexity index is 1220. The van der Waals surface area contributed by atoms with Crippen LogP contribution in [0.15, 0.2) is 60.8 Å². The Kier molecular flexibility index (Phi) is 4.79. The number of benzene rings is 2. The van der Waals surface area contributed by atoms with Crippen LogP contribution in [-0.4, -0.2) is 34.2 Å². The van der Waals surface area contributed by atoms with Gasteiger partial charge in [0, 0.05) is 30.2 Å². The summed E-state index contributed by atoms with van der Waals surface area (Å²) in [6, 6.07) is 13.3. The number of hydrogen-bond donors (Lipinski definition) is 2. The van der Waals surface area contributed by atoms with Crippen LogP contribution in [0.1, 0.15) is 22.8 Å². The molecule has 0 unspecified atom stereocenters. The summed E-state index contributed by atoms with van der Waals surface area (Å²) in [5.74, 6) is -0.906. The number of hydrogen-bond acceptors (Lipinski definition) is 4. The van der Waals surface area contributed by atoms with Gasteiger partial charge >= 0.3 is 0 Å². The summed E-state index contributed by atoms with van der Waals surface area (Å²) < 4.78 is 0. The summed E-state index contributed by atoms with van der Waals surface area (Å²) in [7, 11) is 0. The Labute approximate surface area is 173 Å². The molecule has 3 amide bonds. The van der Waals surface area contributed by atoms with Crippen molar-refractivity contribution in [3.63, 3.8) is 0 Å². The molecule has 3 N–H and O–H groups in total. The second kappa shape index (κ2) is 7.44. The van der Waals surface area contributed by atoms with Gasteiger partial charge in [0.25, 0.3) is 5.91 Å². The van der Waals surface area contributed by atoms with E-state index in [1.54, 1.807) is 17.2 Å². The van der Waals surface area contributed by atoms with Crippen LogP contribution in [0.2, 0.25) is 0 Å². The van der Waals surface area contributed by atoms with Gasteiger partial charge in [0.1, 0.15) is 0 Å². The van der Waals surface area contributed by atoms with Crippen molar-refractivity contribution in [1.82, 2.24) is 9.88 Å². The average Bonchev–Trinajstić information content (AvgIpc) is 3.03. The molecule has 30 heavy (non-hydrogen) atoms. The molecule has 2 heterocycles. The van der Waals surface area contributed by atoms with Crippen molar-refractivity contribution < 1.29 is 14.4 Å². The molecule has 0 aliphatic carbocycles. The molecule has 1 aromatic heterocycles. The van der Waals surface area contributed by atoms with Gasteiger partial charge in [0.15, 0.2) is 0 Å². The van der Waals surface area contributed by atoms with Crippen LogP contribution in [0.4, 0.5) is 5.69 Å². The summed E-state index contributed by atoms with van der Waals surface area (Å²) in [4.78, 5) is 41.3. The number of amides is 3. The zero-order valence-electron chi connectivity index (χ0n) is 16.4. The third kappa shape index (κ3) is 3.53. The first-order chi connectivity index (χ1) is 14.3. The fraction of sp³-hybridized carbons (Fsp3) is 0.130. The van der Waals surface area contributed by atoms with Gasteiger partial charge in [0.2, 0.25) is 11.8 Å². The summed E-state index contributed by atoms with van der Waals surface area (Å²) in [5.41, 5.74) is 9.28. The molecule has 0 fully saturated rings. The van der Waals surface area contributed by atoms with Crippen LogP contribution < -0.4 is 11.1 Å². The minimum atomic E-state index is -0.611. The second-order valence-corrected chi connectivity index (χ2v) is 7.27. The molecule has 2 aromatic carbocycles. The van der Waals surface area contributed by atoms with E-state index in [0.717, 1.165) is 27.6 Å². The van der Waals surface area contributed by atoms with E-state index >= 15 is 0 Å². The fourth-order valence-electron chi connectivity index (χ4n) is 3.62. The fourth-order valence-corrected chi connectivity index (χ4v) is 3.62. The quantitative estimate of drug-likeness (QED) is 0.643. The van der Waals surface area contributed by atoms with Crippen LogP contribution in [0.25, 0.3) is 22.0 Å². The van der Waals surface area contributed by atoms with Crippen LogP contribution >= 0.6 is 0 Å². The van der Waals surface area contributed by atoms with E-state index in [-0.39, 0.29) is 23.9 Å². The predicted octanol–water partition coefficient (Wildman–Crippen LogP) is 2.86. The maximum absolute atomic E-state index is 12.8. The van der Waals surface area contributed by atoms with Crippen molar-refractivity contribution in [2.75, 3.05) is 11.9 Å². The van der Waals surface area contributed by atoms with E-state index in [9.17, 15) is 14.4 Å². The molecule has 0 saturated carbocycles. The van der Waals surface area contributed by atoms with E-state index in [2.05, 4.69) is 16.9 Å². The first kappa shape index (κ1) is 19.3. The molecule has 1 aliphatic rings. The largest absolute Gasteiger partial charge is 0.366 e. The highest BCUT2D eigenvalue weighted by molar-refractivity contribution is 6.05. The minimum absolute atomic E-state index is 0.107. The van der Waals surface area contributed by atoms with Crippen molar-refractivity contribution in [2.24, 2.45) is 5.73 Å². The van der Waals surface area contributed by atoms with Gasteiger partial charge in [-0.25, -0.2) is 0 Å². The number of nitrogens with zero attached hydrogens (tertiary/aromatic N) is 2. The Morgan fingerprint density at radius 1 is 1.20 bits per heavy atom. The van der Waals surface area contributed by atoms with Crippen LogP contribution in [0.5, 0.6) is 0 Å². The zero-order chi connectivity index (χ0) is 21.4. The summed E-state index contributed by atoms with van der Waals surface area (Å²) in [6.45, 7) is 5.59. The molecular formula is C23H20N4O3. The number of nitrogens with one attached hydrogen (secondary N) is 1. The third-order valence-corrected chi connectivity index (χ3v) is 5.11. The molecule has 0 atom stereocenters. The first-order valence-electron chi connectivity index (χ1n) is 9.40. The van der Waals surface area contributed by atoms with Crippen LogP contribution in [0, 0.1) is 0 Å². The number of carbonyl (C=O) groups is 3. The van der Waals surface area contributed by atoms with Crippen molar-refractivity contribution >= 4 is 34.2 Å². The first-order valence-corrected chi connectivity index (χ1v) is 9.40. The molecule has 150 valence electrons. The number of nitrogens with two attached hydrogens (primary N) is 1.